The van der Waals surface area contributed by atoms with Crippen molar-refractivity contribution in [3.63, 3.8) is 0 Å². The molecule has 1 aliphatic rings. The van der Waals surface area contributed by atoms with Crippen LogP contribution in [0.25, 0.3) is 0 Å². The molecule has 2 rings (SSSR count). The molecule has 2 N–H and O–H groups in total. The van der Waals surface area contributed by atoms with Crippen LogP contribution >= 0.6 is 0 Å². The van der Waals surface area contributed by atoms with Crippen LogP contribution in [0.2, 0.25) is 0 Å². The molecule has 1 aliphatic heterocycles. The number of piperidine rings is 1. The molecule has 0 spiro atoms. The summed E-state index contributed by atoms with van der Waals surface area (Å²) in [7, 11) is 0. The largest absolute Gasteiger partial charge is 0.341 e. The zero-order chi connectivity index (χ0) is 11.4. The van der Waals surface area contributed by atoms with Crippen LogP contribution in [0.15, 0.2) is 12.4 Å². The second kappa shape index (κ2) is 5.25. The van der Waals surface area contributed by atoms with E-state index in [1.165, 1.54) is 12.8 Å². The predicted molar refractivity (Wildman–Crippen MR) is 65.4 cm³/mol. The number of hydrogen-bond acceptors (Lipinski definition) is 4. The fourth-order valence-electron chi connectivity index (χ4n) is 2.21. The van der Waals surface area contributed by atoms with Crippen molar-refractivity contribution in [2.24, 2.45) is 11.7 Å². The van der Waals surface area contributed by atoms with E-state index in [1.54, 1.807) is 0 Å². The van der Waals surface area contributed by atoms with E-state index in [0.717, 1.165) is 43.5 Å². The van der Waals surface area contributed by atoms with Gasteiger partial charge < -0.3 is 10.6 Å². The van der Waals surface area contributed by atoms with Gasteiger partial charge in [-0.05, 0) is 44.2 Å². The van der Waals surface area contributed by atoms with Gasteiger partial charge in [0.05, 0.1) is 0 Å². The van der Waals surface area contributed by atoms with Crippen molar-refractivity contribution in [3.05, 3.63) is 18.0 Å². The summed E-state index contributed by atoms with van der Waals surface area (Å²) in [5.74, 6) is 1.67. The van der Waals surface area contributed by atoms with Crippen molar-refractivity contribution in [1.82, 2.24) is 9.97 Å². The SMILES string of the molecule is Cc1cnc(N2CCC(CCN)CC2)nc1. The van der Waals surface area contributed by atoms with Gasteiger partial charge >= 0.3 is 0 Å². The van der Waals surface area contributed by atoms with Crippen LogP contribution in [-0.4, -0.2) is 29.6 Å². The minimum absolute atomic E-state index is 0.798. The zero-order valence-corrected chi connectivity index (χ0v) is 9.89. The lowest BCUT2D eigenvalue weighted by Crippen LogP contribution is -2.35. The van der Waals surface area contributed by atoms with Gasteiger partial charge in [0.25, 0.3) is 0 Å². The highest BCUT2D eigenvalue weighted by molar-refractivity contribution is 5.30. The summed E-state index contributed by atoms with van der Waals surface area (Å²) in [5.41, 5.74) is 6.70. The molecule has 1 saturated heterocycles. The van der Waals surface area contributed by atoms with Gasteiger partial charge in [-0.1, -0.05) is 0 Å². The lowest BCUT2D eigenvalue weighted by molar-refractivity contribution is 0.383. The van der Waals surface area contributed by atoms with E-state index in [4.69, 9.17) is 5.73 Å². The summed E-state index contributed by atoms with van der Waals surface area (Å²) in [6.07, 6.45) is 7.36. The van der Waals surface area contributed by atoms with Gasteiger partial charge in [0, 0.05) is 25.5 Å². The van der Waals surface area contributed by atoms with E-state index in [-0.39, 0.29) is 0 Å². The van der Waals surface area contributed by atoms with Crippen molar-refractivity contribution < 1.29 is 0 Å². The van der Waals surface area contributed by atoms with E-state index in [0.29, 0.717) is 0 Å². The van der Waals surface area contributed by atoms with Crippen LogP contribution in [0.4, 0.5) is 5.95 Å². The Balaban J connectivity index is 1.91. The molecule has 1 aromatic rings. The number of aryl methyl sites for hydroxylation is 1. The molecule has 1 aromatic heterocycles. The molecular weight excluding hydrogens is 200 g/mol. The Morgan fingerprint density at radius 1 is 1.31 bits per heavy atom. The number of anilines is 1. The number of rotatable bonds is 3. The molecular formula is C12H20N4. The van der Waals surface area contributed by atoms with Crippen molar-refractivity contribution >= 4 is 5.95 Å². The Labute approximate surface area is 96.9 Å². The molecule has 0 radical (unpaired) electrons. The molecule has 0 atom stereocenters. The monoisotopic (exact) mass is 220 g/mol. The Bertz CT molecular complexity index is 314. The van der Waals surface area contributed by atoms with Crippen molar-refractivity contribution in [2.45, 2.75) is 26.2 Å². The first-order chi connectivity index (χ1) is 7.79. The molecule has 1 fully saturated rings. The lowest BCUT2D eigenvalue weighted by atomic mass is 9.94. The van der Waals surface area contributed by atoms with Gasteiger partial charge in [0.2, 0.25) is 5.95 Å². The number of aromatic nitrogens is 2. The number of nitrogens with two attached hydrogens (primary N) is 1. The Kier molecular flexibility index (Phi) is 3.72. The fourth-order valence-corrected chi connectivity index (χ4v) is 2.21. The maximum Gasteiger partial charge on any atom is 0.225 e. The first-order valence-corrected chi connectivity index (χ1v) is 6.03. The first-order valence-electron chi connectivity index (χ1n) is 6.03. The van der Waals surface area contributed by atoms with Crippen molar-refractivity contribution in [2.75, 3.05) is 24.5 Å². The minimum Gasteiger partial charge on any atom is -0.341 e. The molecule has 0 unspecified atom stereocenters. The van der Waals surface area contributed by atoms with Crippen LogP contribution in [0.3, 0.4) is 0 Å². The standard InChI is InChI=1S/C12H20N4/c1-10-8-14-12(15-9-10)16-6-3-11(2-5-13)4-7-16/h8-9,11H,2-7,13H2,1H3. The van der Waals surface area contributed by atoms with E-state index in [9.17, 15) is 0 Å². The van der Waals surface area contributed by atoms with E-state index < -0.39 is 0 Å². The summed E-state index contributed by atoms with van der Waals surface area (Å²) in [6.45, 7) is 4.95. The maximum atomic E-state index is 5.58. The summed E-state index contributed by atoms with van der Waals surface area (Å²) in [5, 5.41) is 0. The molecule has 0 amide bonds. The van der Waals surface area contributed by atoms with Crippen LogP contribution in [0.5, 0.6) is 0 Å². The number of hydrogen-bond donors (Lipinski definition) is 1. The maximum absolute atomic E-state index is 5.58. The molecule has 0 aliphatic carbocycles. The summed E-state index contributed by atoms with van der Waals surface area (Å²) >= 11 is 0. The molecule has 0 bridgehead atoms. The van der Waals surface area contributed by atoms with Gasteiger partial charge in [-0.2, -0.15) is 0 Å². The third-order valence-corrected chi connectivity index (χ3v) is 3.24. The molecule has 4 heteroatoms. The third-order valence-electron chi connectivity index (χ3n) is 3.24. The van der Waals surface area contributed by atoms with E-state index in [2.05, 4.69) is 14.9 Å². The van der Waals surface area contributed by atoms with Crippen molar-refractivity contribution in [3.8, 4) is 0 Å². The summed E-state index contributed by atoms with van der Waals surface area (Å²) < 4.78 is 0. The van der Waals surface area contributed by atoms with Gasteiger partial charge in [0.15, 0.2) is 0 Å². The predicted octanol–water partition coefficient (Wildman–Crippen LogP) is 1.35. The average molecular weight is 220 g/mol. The zero-order valence-electron chi connectivity index (χ0n) is 9.89. The van der Waals surface area contributed by atoms with Gasteiger partial charge in [-0.15, -0.1) is 0 Å². The quantitative estimate of drug-likeness (QED) is 0.835. The smallest absolute Gasteiger partial charge is 0.225 e. The molecule has 2 heterocycles. The second-order valence-electron chi connectivity index (χ2n) is 4.57. The Morgan fingerprint density at radius 3 is 2.50 bits per heavy atom. The van der Waals surface area contributed by atoms with Gasteiger partial charge in [0.1, 0.15) is 0 Å². The van der Waals surface area contributed by atoms with Crippen LogP contribution in [-0.2, 0) is 0 Å². The van der Waals surface area contributed by atoms with Crippen molar-refractivity contribution in [1.29, 1.82) is 0 Å². The van der Waals surface area contributed by atoms with Crippen LogP contribution in [0, 0.1) is 12.8 Å². The van der Waals surface area contributed by atoms with Crippen LogP contribution < -0.4 is 10.6 Å². The molecule has 16 heavy (non-hydrogen) atoms. The lowest BCUT2D eigenvalue weighted by Gasteiger charge is -2.31. The highest BCUT2D eigenvalue weighted by Gasteiger charge is 2.19. The fraction of sp³-hybridized carbons (Fsp3) is 0.667. The minimum atomic E-state index is 0.798. The summed E-state index contributed by atoms with van der Waals surface area (Å²) in [6, 6.07) is 0. The van der Waals surface area contributed by atoms with Crippen LogP contribution in [0.1, 0.15) is 24.8 Å². The average Bonchev–Trinajstić information content (AvgIpc) is 2.32. The molecule has 0 aromatic carbocycles. The second-order valence-corrected chi connectivity index (χ2v) is 4.57. The van der Waals surface area contributed by atoms with Gasteiger partial charge in [-0.3, -0.25) is 0 Å². The first kappa shape index (κ1) is 11.3. The topological polar surface area (TPSA) is 55.0 Å². The third kappa shape index (κ3) is 2.70. The van der Waals surface area contributed by atoms with E-state index >= 15 is 0 Å². The van der Waals surface area contributed by atoms with E-state index in [1.807, 2.05) is 19.3 Å². The molecule has 0 saturated carbocycles. The molecule has 88 valence electrons. The molecule has 4 nitrogen and oxygen atoms in total. The highest BCUT2D eigenvalue weighted by atomic mass is 15.2. The van der Waals surface area contributed by atoms with Gasteiger partial charge in [-0.25, -0.2) is 9.97 Å². The highest BCUT2D eigenvalue weighted by Crippen LogP contribution is 2.22. The Hall–Kier alpha value is -1.16. The number of nitrogens with zero attached hydrogens (tertiary/aromatic N) is 3. The Morgan fingerprint density at radius 2 is 1.94 bits per heavy atom. The normalized spacial score (nSPS) is 17.8. The summed E-state index contributed by atoms with van der Waals surface area (Å²) in [4.78, 5) is 11.0.